The van der Waals surface area contributed by atoms with E-state index < -0.39 is 0 Å². The lowest BCUT2D eigenvalue weighted by molar-refractivity contribution is 0.298. The quantitative estimate of drug-likeness (QED) is 0.756. The zero-order valence-electron chi connectivity index (χ0n) is 9.72. The summed E-state index contributed by atoms with van der Waals surface area (Å²) < 4.78 is 5.31. The number of hydrogen-bond donors (Lipinski definition) is 0. The molecule has 2 fully saturated rings. The maximum atomic E-state index is 5.31. The molecular formula is C11H18N4O. The number of rotatable bonds is 3. The van der Waals surface area contributed by atoms with Crippen LogP contribution in [0.1, 0.15) is 18.7 Å². The fourth-order valence-electron chi connectivity index (χ4n) is 2.03. The minimum Gasteiger partial charge on any atom is -0.322 e. The van der Waals surface area contributed by atoms with Crippen molar-refractivity contribution < 1.29 is 4.52 Å². The maximum absolute atomic E-state index is 5.31. The summed E-state index contributed by atoms with van der Waals surface area (Å²) in [6, 6.07) is 0.712. The van der Waals surface area contributed by atoms with Crippen LogP contribution in [-0.2, 0) is 6.42 Å². The molecule has 5 heteroatoms. The third-order valence-electron chi connectivity index (χ3n) is 3.40. The smallest absolute Gasteiger partial charge is 0.322 e. The molecule has 88 valence electrons. The predicted molar refractivity (Wildman–Crippen MR) is 60.4 cm³/mol. The largest absolute Gasteiger partial charge is 0.324 e. The van der Waals surface area contributed by atoms with Gasteiger partial charge in [-0.3, -0.25) is 0 Å². The molecular weight excluding hydrogens is 204 g/mol. The maximum Gasteiger partial charge on any atom is 0.324 e. The monoisotopic (exact) mass is 222 g/mol. The zero-order chi connectivity index (χ0) is 11.0. The van der Waals surface area contributed by atoms with E-state index in [0.717, 1.165) is 44.3 Å². The van der Waals surface area contributed by atoms with E-state index in [4.69, 9.17) is 4.52 Å². The van der Waals surface area contributed by atoms with Crippen molar-refractivity contribution in [3.05, 3.63) is 5.82 Å². The van der Waals surface area contributed by atoms with Gasteiger partial charge in [0.1, 0.15) is 0 Å². The van der Waals surface area contributed by atoms with Crippen molar-refractivity contribution in [2.45, 2.75) is 19.3 Å². The van der Waals surface area contributed by atoms with Crippen LogP contribution in [0.4, 0.5) is 6.01 Å². The van der Waals surface area contributed by atoms with Crippen molar-refractivity contribution in [2.75, 3.05) is 38.1 Å². The van der Waals surface area contributed by atoms with E-state index in [1.807, 2.05) is 0 Å². The van der Waals surface area contributed by atoms with Gasteiger partial charge in [-0.25, -0.2) is 0 Å². The van der Waals surface area contributed by atoms with Crippen LogP contribution in [0.3, 0.4) is 0 Å². The van der Waals surface area contributed by atoms with Crippen molar-refractivity contribution in [2.24, 2.45) is 5.92 Å². The molecule has 2 aliphatic rings. The van der Waals surface area contributed by atoms with Crippen molar-refractivity contribution >= 4 is 6.01 Å². The summed E-state index contributed by atoms with van der Waals surface area (Å²) in [5.41, 5.74) is 0. The van der Waals surface area contributed by atoms with Gasteiger partial charge in [-0.1, -0.05) is 5.16 Å². The summed E-state index contributed by atoms with van der Waals surface area (Å²) >= 11 is 0. The third-order valence-corrected chi connectivity index (χ3v) is 3.40. The van der Waals surface area contributed by atoms with E-state index in [1.54, 1.807) is 0 Å². The topological polar surface area (TPSA) is 45.4 Å². The van der Waals surface area contributed by atoms with E-state index in [1.165, 1.54) is 12.8 Å². The second-order valence-corrected chi connectivity index (χ2v) is 4.93. The number of nitrogens with zero attached hydrogens (tertiary/aromatic N) is 4. The second kappa shape index (κ2) is 4.05. The number of piperazine rings is 1. The van der Waals surface area contributed by atoms with Gasteiger partial charge in [0, 0.05) is 32.6 Å². The highest BCUT2D eigenvalue weighted by molar-refractivity contribution is 5.26. The van der Waals surface area contributed by atoms with Gasteiger partial charge in [0.05, 0.1) is 0 Å². The van der Waals surface area contributed by atoms with E-state index in [9.17, 15) is 0 Å². The zero-order valence-corrected chi connectivity index (χ0v) is 9.72. The molecule has 0 amide bonds. The molecule has 0 bridgehead atoms. The summed E-state index contributed by atoms with van der Waals surface area (Å²) in [7, 11) is 2.14. The number of hydrogen-bond acceptors (Lipinski definition) is 5. The van der Waals surface area contributed by atoms with Gasteiger partial charge in [0.25, 0.3) is 0 Å². The highest BCUT2D eigenvalue weighted by atomic mass is 16.5. The molecule has 1 saturated carbocycles. The Bertz CT molecular complexity index is 353. The van der Waals surface area contributed by atoms with Crippen LogP contribution in [-0.4, -0.2) is 48.3 Å². The van der Waals surface area contributed by atoms with Crippen LogP contribution in [0.15, 0.2) is 4.52 Å². The molecule has 2 heterocycles. The predicted octanol–water partition coefficient (Wildman–Crippen LogP) is 0.774. The van der Waals surface area contributed by atoms with Crippen LogP contribution >= 0.6 is 0 Å². The first-order chi connectivity index (χ1) is 7.81. The van der Waals surface area contributed by atoms with Gasteiger partial charge in [-0.2, -0.15) is 4.98 Å². The minimum absolute atomic E-state index is 0.712. The molecule has 1 saturated heterocycles. The Labute approximate surface area is 95.4 Å². The Kier molecular flexibility index (Phi) is 2.55. The molecule has 0 radical (unpaired) electrons. The number of likely N-dealkylation sites (N-methyl/N-ethyl adjacent to an activating group) is 1. The molecule has 0 spiro atoms. The molecule has 0 atom stereocenters. The Balaban J connectivity index is 1.62. The van der Waals surface area contributed by atoms with Gasteiger partial charge in [-0.15, -0.1) is 0 Å². The van der Waals surface area contributed by atoms with Gasteiger partial charge >= 0.3 is 6.01 Å². The number of anilines is 1. The van der Waals surface area contributed by atoms with E-state index in [-0.39, 0.29) is 0 Å². The lowest BCUT2D eigenvalue weighted by Crippen LogP contribution is -2.44. The highest BCUT2D eigenvalue weighted by Crippen LogP contribution is 2.32. The molecule has 1 aliphatic heterocycles. The van der Waals surface area contributed by atoms with Crippen LogP contribution in [0, 0.1) is 5.92 Å². The standard InChI is InChI=1S/C11H18N4O/c1-14-4-6-15(7-5-14)11-12-10(13-16-11)8-9-2-3-9/h9H,2-8H2,1H3. The van der Waals surface area contributed by atoms with Crippen molar-refractivity contribution in [1.82, 2.24) is 15.0 Å². The molecule has 0 aromatic carbocycles. The lowest BCUT2D eigenvalue weighted by Gasteiger charge is -2.30. The normalized spacial score (nSPS) is 22.7. The fourth-order valence-corrected chi connectivity index (χ4v) is 2.03. The van der Waals surface area contributed by atoms with Gasteiger partial charge < -0.3 is 14.3 Å². The summed E-state index contributed by atoms with van der Waals surface area (Å²) in [5, 5.41) is 4.05. The molecule has 5 nitrogen and oxygen atoms in total. The Morgan fingerprint density at radius 2 is 2.00 bits per heavy atom. The molecule has 1 aliphatic carbocycles. The molecule has 0 N–H and O–H groups in total. The first-order valence-corrected chi connectivity index (χ1v) is 6.07. The molecule has 1 aromatic rings. The van der Waals surface area contributed by atoms with Gasteiger partial charge in [0.15, 0.2) is 5.82 Å². The van der Waals surface area contributed by atoms with Crippen LogP contribution < -0.4 is 4.90 Å². The van der Waals surface area contributed by atoms with Crippen molar-refractivity contribution in [3.8, 4) is 0 Å². The average Bonchev–Trinajstić information content (AvgIpc) is 2.97. The Hall–Kier alpha value is -1.10. The van der Waals surface area contributed by atoms with E-state index in [0.29, 0.717) is 6.01 Å². The van der Waals surface area contributed by atoms with Gasteiger partial charge in [0.2, 0.25) is 0 Å². The molecule has 0 unspecified atom stereocenters. The minimum atomic E-state index is 0.712. The fraction of sp³-hybridized carbons (Fsp3) is 0.818. The van der Waals surface area contributed by atoms with Crippen molar-refractivity contribution in [1.29, 1.82) is 0 Å². The first-order valence-electron chi connectivity index (χ1n) is 6.07. The number of aromatic nitrogens is 2. The summed E-state index contributed by atoms with van der Waals surface area (Å²) in [6.07, 6.45) is 3.66. The lowest BCUT2D eigenvalue weighted by atomic mass is 10.3. The molecule has 1 aromatic heterocycles. The highest BCUT2D eigenvalue weighted by Gasteiger charge is 2.25. The SMILES string of the molecule is CN1CCN(c2nc(CC3CC3)no2)CC1. The van der Waals surface area contributed by atoms with Crippen molar-refractivity contribution in [3.63, 3.8) is 0 Å². The Morgan fingerprint density at radius 1 is 1.25 bits per heavy atom. The van der Waals surface area contributed by atoms with Gasteiger partial charge in [-0.05, 0) is 25.8 Å². The molecule has 3 rings (SSSR count). The average molecular weight is 222 g/mol. The summed E-state index contributed by atoms with van der Waals surface area (Å²) in [5.74, 6) is 1.70. The van der Waals surface area contributed by atoms with E-state index in [2.05, 4.69) is 27.0 Å². The summed E-state index contributed by atoms with van der Waals surface area (Å²) in [4.78, 5) is 8.97. The van der Waals surface area contributed by atoms with E-state index >= 15 is 0 Å². The van der Waals surface area contributed by atoms with Crippen LogP contribution in [0.2, 0.25) is 0 Å². The van der Waals surface area contributed by atoms with Crippen LogP contribution in [0.25, 0.3) is 0 Å². The second-order valence-electron chi connectivity index (χ2n) is 4.93. The molecule has 16 heavy (non-hydrogen) atoms. The first kappa shape index (κ1) is 10.1. The van der Waals surface area contributed by atoms with Crippen LogP contribution in [0.5, 0.6) is 0 Å². The summed E-state index contributed by atoms with van der Waals surface area (Å²) in [6.45, 7) is 4.11. The third kappa shape index (κ3) is 2.19. The Morgan fingerprint density at radius 3 is 2.69 bits per heavy atom.